The number of ether oxygens (including phenoxy) is 2. The highest BCUT2D eigenvalue weighted by atomic mass is 16.5. The molecule has 3 aliphatic rings. The number of benzene rings is 3. The van der Waals surface area contributed by atoms with Gasteiger partial charge in [0.05, 0.1) is 11.1 Å². The largest absolute Gasteiger partial charge is 0.508 e. The number of phenols is 1. The van der Waals surface area contributed by atoms with Crippen LogP contribution in [0.15, 0.2) is 95.8 Å². The molecule has 2 heterocycles. The number of Topliss-reactive ketones (excluding diaryl/α,β-unsaturated/α-hetero) is 1. The molecule has 32 heavy (non-hydrogen) atoms. The lowest BCUT2D eigenvalue weighted by Gasteiger charge is -2.29. The molecule has 1 aliphatic carbocycles. The normalized spacial score (nSPS) is 17.0. The van der Waals surface area contributed by atoms with Crippen molar-refractivity contribution in [2.75, 3.05) is 6.61 Å². The second kappa shape index (κ2) is 6.82. The molecule has 3 aromatic rings. The number of fused-ring (bicyclic) bond motifs is 4. The smallest absolute Gasteiger partial charge is 0.344 e. The van der Waals surface area contributed by atoms with E-state index >= 15 is 0 Å². The lowest BCUT2D eigenvalue weighted by atomic mass is 9.77. The zero-order valence-corrected chi connectivity index (χ0v) is 16.8. The van der Waals surface area contributed by atoms with Gasteiger partial charge >= 0.3 is 5.97 Å². The van der Waals surface area contributed by atoms with Crippen LogP contribution in [-0.4, -0.2) is 23.5 Å². The summed E-state index contributed by atoms with van der Waals surface area (Å²) in [6, 6.07) is 23.1. The standard InChI is InChI=1S/C27H16O5/c28-17-12-10-16(11-13-17)21-24-23-18-8-4-5-9-20(18)31-14-19(23)25(29)22(26(24)32-27(21)30)15-6-2-1-3-7-15/h1-13,28H,14H2. The van der Waals surface area contributed by atoms with Gasteiger partial charge in [0.2, 0.25) is 0 Å². The van der Waals surface area contributed by atoms with E-state index in [0.717, 1.165) is 5.56 Å². The highest BCUT2D eigenvalue weighted by molar-refractivity contribution is 6.39. The number of rotatable bonds is 2. The van der Waals surface area contributed by atoms with Gasteiger partial charge in [-0.15, -0.1) is 0 Å². The van der Waals surface area contributed by atoms with Gasteiger partial charge in [0, 0.05) is 22.3 Å². The van der Waals surface area contributed by atoms with Crippen LogP contribution in [0.1, 0.15) is 16.7 Å². The highest BCUT2D eigenvalue weighted by Crippen LogP contribution is 2.52. The van der Waals surface area contributed by atoms with Gasteiger partial charge in [0.1, 0.15) is 18.1 Å². The van der Waals surface area contributed by atoms with Crippen molar-refractivity contribution < 1.29 is 24.2 Å². The maximum Gasteiger partial charge on any atom is 0.344 e. The third-order valence-corrected chi connectivity index (χ3v) is 5.90. The average molecular weight is 420 g/mol. The molecule has 1 N–H and O–H groups in total. The Labute approximate surface area is 183 Å². The summed E-state index contributed by atoms with van der Waals surface area (Å²) in [5, 5.41) is 9.73. The van der Waals surface area contributed by atoms with Gasteiger partial charge in [-0.25, -0.2) is 4.79 Å². The molecule has 0 bridgehead atoms. The molecule has 5 nitrogen and oxygen atoms in total. The van der Waals surface area contributed by atoms with Gasteiger partial charge in [0.15, 0.2) is 11.5 Å². The summed E-state index contributed by atoms with van der Waals surface area (Å²) in [6.45, 7) is 0.106. The number of phenolic OH excluding ortho intramolecular Hbond substituents is 1. The number of hydrogen-bond donors (Lipinski definition) is 1. The number of para-hydroxylation sites is 1. The number of allylic oxidation sites excluding steroid dienone is 2. The minimum absolute atomic E-state index is 0.0987. The summed E-state index contributed by atoms with van der Waals surface area (Å²) in [5.74, 6) is 0.281. The van der Waals surface area contributed by atoms with E-state index < -0.39 is 5.97 Å². The summed E-state index contributed by atoms with van der Waals surface area (Å²) < 4.78 is 11.7. The van der Waals surface area contributed by atoms with E-state index in [1.807, 2.05) is 54.6 Å². The fourth-order valence-electron chi connectivity index (χ4n) is 4.48. The minimum Gasteiger partial charge on any atom is -0.508 e. The Morgan fingerprint density at radius 3 is 2.16 bits per heavy atom. The molecular weight excluding hydrogens is 404 g/mol. The Hall–Kier alpha value is -4.38. The van der Waals surface area contributed by atoms with Gasteiger partial charge in [-0.1, -0.05) is 60.7 Å². The zero-order chi connectivity index (χ0) is 21.8. The van der Waals surface area contributed by atoms with Gasteiger partial charge in [-0.2, -0.15) is 0 Å². The molecule has 3 aromatic carbocycles. The highest BCUT2D eigenvalue weighted by Gasteiger charge is 2.44. The quantitative estimate of drug-likeness (QED) is 0.616. The molecule has 5 heteroatoms. The Balaban J connectivity index is 1.71. The van der Waals surface area contributed by atoms with Crippen LogP contribution in [0, 0.1) is 0 Å². The second-order valence-corrected chi connectivity index (χ2v) is 7.72. The van der Waals surface area contributed by atoms with Crippen LogP contribution in [0.5, 0.6) is 11.5 Å². The predicted octanol–water partition coefficient (Wildman–Crippen LogP) is 4.54. The van der Waals surface area contributed by atoms with Crippen molar-refractivity contribution in [1.29, 1.82) is 0 Å². The van der Waals surface area contributed by atoms with Crippen LogP contribution in [-0.2, 0) is 14.3 Å². The first-order valence-electron chi connectivity index (χ1n) is 10.2. The fraction of sp³-hybridized carbons (Fsp3) is 0.0370. The zero-order valence-electron chi connectivity index (χ0n) is 16.8. The van der Waals surface area contributed by atoms with Crippen LogP contribution < -0.4 is 4.74 Å². The second-order valence-electron chi connectivity index (χ2n) is 7.72. The Kier molecular flexibility index (Phi) is 3.92. The van der Waals surface area contributed by atoms with Gasteiger partial charge in [0.25, 0.3) is 0 Å². The van der Waals surface area contributed by atoms with E-state index in [2.05, 4.69) is 0 Å². The average Bonchev–Trinajstić information content (AvgIpc) is 3.16. The Morgan fingerprint density at radius 1 is 0.688 bits per heavy atom. The van der Waals surface area contributed by atoms with Crippen molar-refractivity contribution in [2.24, 2.45) is 0 Å². The molecule has 0 unspecified atom stereocenters. The SMILES string of the molecule is O=C1OC2=C(c3ccccc3)C(=O)C3=C(C2=C1c1ccc(O)cc1)c1ccccc1OC3. The first-order chi connectivity index (χ1) is 15.6. The minimum atomic E-state index is -0.528. The van der Waals surface area contributed by atoms with Crippen LogP contribution in [0.2, 0.25) is 0 Å². The fourth-order valence-corrected chi connectivity index (χ4v) is 4.48. The number of aromatic hydroxyl groups is 1. The van der Waals surface area contributed by atoms with E-state index in [4.69, 9.17) is 9.47 Å². The molecule has 2 aliphatic heterocycles. The predicted molar refractivity (Wildman–Crippen MR) is 118 cm³/mol. The molecule has 154 valence electrons. The third kappa shape index (κ3) is 2.58. The Bertz CT molecular complexity index is 1410. The molecule has 0 radical (unpaired) electrons. The lowest BCUT2D eigenvalue weighted by molar-refractivity contribution is -0.131. The summed E-state index contributed by atoms with van der Waals surface area (Å²) >= 11 is 0. The summed E-state index contributed by atoms with van der Waals surface area (Å²) in [5.41, 5.74) is 4.50. The number of carbonyl (C=O) groups is 2. The van der Waals surface area contributed by atoms with Crippen molar-refractivity contribution in [3.8, 4) is 11.5 Å². The number of ketones is 1. The maximum absolute atomic E-state index is 13.7. The van der Waals surface area contributed by atoms with E-state index in [0.29, 0.717) is 44.7 Å². The van der Waals surface area contributed by atoms with E-state index in [1.54, 1.807) is 12.1 Å². The monoisotopic (exact) mass is 420 g/mol. The van der Waals surface area contributed by atoms with E-state index in [9.17, 15) is 14.7 Å². The molecule has 0 amide bonds. The summed E-state index contributed by atoms with van der Waals surface area (Å²) in [7, 11) is 0. The number of hydrogen-bond acceptors (Lipinski definition) is 5. The Morgan fingerprint density at radius 2 is 1.38 bits per heavy atom. The van der Waals surface area contributed by atoms with Crippen LogP contribution in [0.3, 0.4) is 0 Å². The van der Waals surface area contributed by atoms with Crippen LogP contribution >= 0.6 is 0 Å². The van der Waals surface area contributed by atoms with Crippen LogP contribution in [0.4, 0.5) is 0 Å². The van der Waals surface area contributed by atoms with Gasteiger partial charge in [-0.05, 0) is 29.3 Å². The molecule has 0 fully saturated rings. The van der Waals surface area contributed by atoms with Gasteiger partial charge in [-0.3, -0.25) is 4.79 Å². The topological polar surface area (TPSA) is 72.8 Å². The van der Waals surface area contributed by atoms with Gasteiger partial charge < -0.3 is 14.6 Å². The molecular formula is C27H16O5. The maximum atomic E-state index is 13.7. The molecule has 0 atom stereocenters. The number of esters is 1. The molecule has 0 aromatic heterocycles. The van der Waals surface area contributed by atoms with Crippen molar-refractivity contribution in [2.45, 2.75) is 0 Å². The van der Waals surface area contributed by atoms with Crippen molar-refractivity contribution in [3.63, 3.8) is 0 Å². The molecule has 0 saturated heterocycles. The lowest BCUT2D eigenvalue weighted by Crippen LogP contribution is -2.24. The van der Waals surface area contributed by atoms with Crippen molar-refractivity contribution >= 4 is 28.5 Å². The van der Waals surface area contributed by atoms with Crippen molar-refractivity contribution in [1.82, 2.24) is 0 Å². The molecule has 6 rings (SSSR count). The molecule has 0 spiro atoms. The summed E-state index contributed by atoms with van der Waals surface area (Å²) in [6.07, 6.45) is 0. The first-order valence-corrected chi connectivity index (χ1v) is 10.2. The first kappa shape index (κ1) is 18.4. The van der Waals surface area contributed by atoms with Crippen molar-refractivity contribution in [3.05, 3.63) is 112 Å². The third-order valence-electron chi connectivity index (χ3n) is 5.90. The van der Waals surface area contributed by atoms with E-state index in [-0.39, 0.29) is 23.9 Å². The van der Waals surface area contributed by atoms with E-state index in [1.165, 1.54) is 12.1 Å². The summed E-state index contributed by atoms with van der Waals surface area (Å²) in [4.78, 5) is 26.8. The molecule has 0 saturated carbocycles. The van der Waals surface area contributed by atoms with Crippen LogP contribution in [0.25, 0.3) is 16.7 Å². The number of carbonyl (C=O) groups excluding carboxylic acids is 2.